The van der Waals surface area contributed by atoms with Crippen molar-refractivity contribution in [2.24, 2.45) is 5.92 Å². The highest BCUT2D eigenvalue weighted by Crippen LogP contribution is 2.14. The van der Waals surface area contributed by atoms with E-state index in [2.05, 4.69) is 5.32 Å². The van der Waals surface area contributed by atoms with Crippen LogP contribution in [0, 0.1) is 5.92 Å². The Hall–Kier alpha value is -0.160. The number of nitrogens with one attached hydrogen (secondary N) is 1. The van der Waals surface area contributed by atoms with Crippen molar-refractivity contribution in [1.82, 2.24) is 5.32 Å². The summed E-state index contributed by atoms with van der Waals surface area (Å²) in [6.45, 7) is 5.06. The van der Waals surface area contributed by atoms with Crippen molar-refractivity contribution >= 4 is 0 Å². The summed E-state index contributed by atoms with van der Waals surface area (Å²) in [7, 11) is 1.65. The summed E-state index contributed by atoms with van der Waals surface area (Å²) >= 11 is 0. The molecule has 0 radical (unpaired) electrons. The lowest BCUT2D eigenvalue weighted by Crippen LogP contribution is -2.25. The van der Waals surface area contributed by atoms with Crippen LogP contribution in [0.2, 0.25) is 0 Å². The lowest BCUT2D eigenvalue weighted by Gasteiger charge is -2.18. The van der Waals surface area contributed by atoms with Crippen molar-refractivity contribution < 1.29 is 14.6 Å². The van der Waals surface area contributed by atoms with E-state index in [1.165, 1.54) is 6.42 Å². The molecule has 0 aliphatic carbocycles. The number of hydrogen-bond acceptors (Lipinski definition) is 4. The third-order valence-electron chi connectivity index (χ3n) is 2.74. The number of aliphatic hydroxyl groups is 1. The summed E-state index contributed by atoms with van der Waals surface area (Å²) in [4.78, 5) is 0. The molecule has 15 heavy (non-hydrogen) atoms. The zero-order valence-corrected chi connectivity index (χ0v) is 9.74. The molecule has 0 bridgehead atoms. The first-order valence-corrected chi connectivity index (χ1v) is 5.71. The third-order valence-corrected chi connectivity index (χ3v) is 2.74. The van der Waals surface area contributed by atoms with Gasteiger partial charge in [-0.1, -0.05) is 0 Å². The molecule has 0 spiro atoms. The Balaban J connectivity index is 2.04. The van der Waals surface area contributed by atoms with Gasteiger partial charge in [-0.15, -0.1) is 0 Å². The van der Waals surface area contributed by atoms with Gasteiger partial charge in [-0.25, -0.2) is 0 Å². The zero-order valence-electron chi connectivity index (χ0n) is 9.74. The van der Waals surface area contributed by atoms with Crippen LogP contribution in [-0.2, 0) is 9.47 Å². The van der Waals surface area contributed by atoms with E-state index in [0.717, 1.165) is 19.5 Å². The van der Waals surface area contributed by atoms with Crippen LogP contribution in [0.5, 0.6) is 0 Å². The molecule has 0 aromatic rings. The Morgan fingerprint density at radius 1 is 1.47 bits per heavy atom. The molecule has 0 saturated carbocycles. The summed E-state index contributed by atoms with van der Waals surface area (Å²) in [5.41, 5.74) is 0. The maximum atomic E-state index is 9.73. The monoisotopic (exact) mass is 217 g/mol. The van der Waals surface area contributed by atoms with Crippen LogP contribution in [-0.4, -0.2) is 50.7 Å². The maximum absolute atomic E-state index is 9.73. The van der Waals surface area contributed by atoms with Crippen LogP contribution in [0.1, 0.15) is 19.8 Å². The van der Waals surface area contributed by atoms with Crippen molar-refractivity contribution in [3.63, 3.8) is 0 Å². The average molecular weight is 217 g/mol. The molecular weight excluding hydrogens is 194 g/mol. The fourth-order valence-electron chi connectivity index (χ4n) is 1.93. The molecule has 3 atom stereocenters. The minimum absolute atomic E-state index is 0.0614. The van der Waals surface area contributed by atoms with Gasteiger partial charge in [-0.05, 0) is 38.8 Å². The second-order valence-electron chi connectivity index (χ2n) is 4.35. The molecule has 1 aliphatic rings. The lowest BCUT2D eigenvalue weighted by molar-refractivity contribution is -0.0367. The van der Waals surface area contributed by atoms with E-state index in [4.69, 9.17) is 9.47 Å². The van der Waals surface area contributed by atoms with Crippen LogP contribution in [0.3, 0.4) is 0 Å². The second kappa shape index (κ2) is 7.17. The summed E-state index contributed by atoms with van der Waals surface area (Å²) in [6, 6.07) is 0. The van der Waals surface area contributed by atoms with Crippen LogP contribution in [0.15, 0.2) is 0 Å². The largest absolute Gasteiger partial charge is 0.391 e. The first kappa shape index (κ1) is 12.9. The molecular formula is C11H23NO3. The van der Waals surface area contributed by atoms with Gasteiger partial charge < -0.3 is 19.9 Å². The molecule has 1 heterocycles. The van der Waals surface area contributed by atoms with Gasteiger partial charge in [0.1, 0.15) is 0 Å². The van der Waals surface area contributed by atoms with Gasteiger partial charge in [0.05, 0.1) is 25.4 Å². The Morgan fingerprint density at radius 3 is 2.87 bits per heavy atom. The number of rotatable bonds is 7. The number of methoxy groups -OCH3 is 1. The molecule has 0 amide bonds. The van der Waals surface area contributed by atoms with Gasteiger partial charge in [0, 0.05) is 7.11 Å². The highest BCUT2D eigenvalue weighted by atomic mass is 16.5. The molecule has 4 nitrogen and oxygen atoms in total. The van der Waals surface area contributed by atoms with Gasteiger partial charge in [-0.2, -0.15) is 0 Å². The van der Waals surface area contributed by atoms with Gasteiger partial charge in [-0.3, -0.25) is 0 Å². The second-order valence-corrected chi connectivity index (χ2v) is 4.35. The zero-order chi connectivity index (χ0) is 11.1. The molecule has 3 unspecified atom stereocenters. The summed E-state index contributed by atoms with van der Waals surface area (Å²) in [5.74, 6) is 0.612. The predicted octanol–water partition coefficient (Wildman–Crippen LogP) is 0.398. The molecule has 2 N–H and O–H groups in total. The van der Waals surface area contributed by atoms with Crippen molar-refractivity contribution in [2.75, 3.05) is 33.4 Å². The quantitative estimate of drug-likeness (QED) is 0.648. The topological polar surface area (TPSA) is 50.7 Å². The first-order valence-electron chi connectivity index (χ1n) is 5.71. The Bertz CT molecular complexity index is 160. The van der Waals surface area contributed by atoms with Crippen LogP contribution in [0.4, 0.5) is 0 Å². The van der Waals surface area contributed by atoms with E-state index >= 15 is 0 Å². The van der Waals surface area contributed by atoms with E-state index < -0.39 is 0 Å². The van der Waals surface area contributed by atoms with E-state index in [9.17, 15) is 5.11 Å². The van der Waals surface area contributed by atoms with Crippen LogP contribution >= 0.6 is 0 Å². The minimum atomic E-state index is -0.339. The molecule has 1 fully saturated rings. The summed E-state index contributed by atoms with van der Waals surface area (Å²) in [5, 5.41) is 13.0. The summed E-state index contributed by atoms with van der Waals surface area (Å²) < 4.78 is 10.4. The molecule has 1 aliphatic heterocycles. The fraction of sp³-hybridized carbons (Fsp3) is 1.00. The van der Waals surface area contributed by atoms with E-state index in [0.29, 0.717) is 19.1 Å². The lowest BCUT2D eigenvalue weighted by atomic mass is 10.0. The van der Waals surface area contributed by atoms with Gasteiger partial charge in [0.15, 0.2) is 0 Å². The third kappa shape index (κ3) is 5.47. The van der Waals surface area contributed by atoms with E-state index in [1.807, 2.05) is 6.92 Å². The molecule has 1 saturated heterocycles. The Kier molecular flexibility index (Phi) is 6.17. The van der Waals surface area contributed by atoms with Crippen LogP contribution in [0.25, 0.3) is 0 Å². The standard InChI is InChI=1S/C11H23NO3/c1-9(7-14-2)15-8-11(13)5-10-3-4-12-6-10/h9-13H,3-8H2,1-2H3. The highest BCUT2D eigenvalue weighted by Gasteiger charge is 2.18. The Morgan fingerprint density at radius 2 is 2.27 bits per heavy atom. The van der Waals surface area contributed by atoms with Gasteiger partial charge >= 0.3 is 0 Å². The minimum Gasteiger partial charge on any atom is -0.391 e. The predicted molar refractivity (Wildman–Crippen MR) is 58.9 cm³/mol. The molecule has 0 aromatic carbocycles. The molecule has 1 rings (SSSR count). The molecule has 90 valence electrons. The highest BCUT2D eigenvalue weighted by molar-refractivity contribution is 4.74. The first-order chi connectivity index (χ1) is 7.22. The Labute approximate surface area is 92.0 Å². The molecule has 4 heteroatoms. The normalized spacial score (nSPS) is 25.4. The fourth-order valence-corrected chi connectivity index (χ4v) is 1.93. The van der Waals surface area contributed by atoms with Gasteiger partial charge in [0.2, 0.25) is 0 Å². The van der Waals surface area contributed by atoms with Crippen LogP contribution < -0.4 is 5.32 Å². The number of aliphatic hydroxyl groups excluding tert-OH is 1. The van der Waals surface area contributed by atoms with E-state index in [1.54, 1.807) is 7.11 Å². The number of hydrogen-bond donors (Lipinski definition) is 2. The van der Waals surface area contributed by atoms with E-state index in [-0.39, 0.29) is 12.2 Å². The van der Waals surface area contributed by atoms with Crippen molar-refractivity contribution in [3.8, 4) is 0 Å². The van der Waals surface area contributed by atoms with Gasteiger partial charge in [0.25, 0.3) is 0 Å². The average Bonchev–Trinajstić information content (AvgIpc) is 2.68. The van der Waals surface area contributed by atoms with Crippen molar-refractivity contribution in [3.05, 3.63) is 0 Å². The molecule has 0 aromatic heterocycles. The smallest absolute Gasteiger partial charge is 0.0781 e. The van der Waals surface area contributed by atoms with Crippen molar-refractivity contribution in [1.29, 1.82) is 0 Å². The summed E-state index contributed by atoms with van der Waals surface area (Å²) in [6.07, 6.45) is 1.73. The SMILES string of the molecule is COCC(C)OCC(O)CC1CCNC1. The van der Waals surface area contributed by atoms with Crippen molar-refractivity contribution in [2.45, 2.75) is 32.0 Å². The maximum Gasteiger partial charge on any atom is 0.0781 e. The number of ether oxygens (including phenoxy) is 2.